The molecule has 118 valence electrons. The molecule has 21 heavy (non-hydrogen) atoms. The number of rotatable bonds is 6. The van der Waals surface area contributed by atoms with E-state index in [-0.39, 0.29) is 0 Å². The van der Waals surface area contributed by atoms with Gasteiger partial charge in [-0.05, 0) is 55.5 Å². The van der Waals surface area contributed by atoms with Crippen LogP contribution in [0.15, 0.2) is 29.2 Å². The van der Waals surface area contributed by atoms with Crippen LogP contribution in [0.3, 0.4) is 0 Å². The lowest BCUT2D eigenvalue weighted by molar-refractivity contribution is 0.216. The van der Waals surface area contributed by atoms with Crippen LogP contribution in [0.25, 0.3) is 0 Å². The lowest BCUT2D eigenvalue weighted by atomic mass is 9.97. The third-order valence-electron chi connectivity index (χ3n) is 3.97. The molecule has 1 fully saturated rings. The van der Waals surface area contributed by atoms with Crippen molar-refractivity contribution in [2.24, 2.45) is 17.6 Å². The van der Waals surface area contributed by atoms with Gasteiger partial charge in [0.05, 0.1) is 11.5 Å². The molecule has 0 heterocycles. The summed E-state index contributed by atoms with van der Waals surface area (Å²) in [5, 5.41) is 0. The fourth-order valence-corrected chi connectivity index (χ4v) is 3.40. The Morgan fingerprint density at radius 1 is 1.19 bits per heavy atom. The molecule has 0 aromatic heterocycles. The summed E-state index contributed by atoms with van der Waals surface area (Å²) in [6.07, 6.45) is 3.32. The van der Waals surface area contributed by atoms with Crippen LogP contribution in [0.2, 0.25) is 0 Å². The van der Waals surface area contributed by atoms with Gasteiger partial charge in [0, 0.05) is 0 Å². The molecule has 2 atom stereocenters. The van der Waals surface area contributed by atoms with E-state index in [1.807, 2.05) is 0 Å². The van der Waals surface area contributed by atoms with Gasteiger partial charge >= 0.3 is 5.76 Å². The van der Waals surface area contributed by atoms with Gasteiger partial charge < -0.3 is 10.5 Å². The van der Waals surface area contributed by atoms with Crippen molar-refractivity contribution in [3.63, 3.8) is 0 Å². The molecule has 0 radical (unpaired) electrons. The molecular weight excluding hydrogens is 300 g/mol. The monoisotopic (exact) mass is 319 g/mol. The molecule has 7 heteroatoms. The minimum atomic E-state index is -4.54. The molecule has 0 aliphatic heterocycles. The van der Waals surface area contributed by atoms with Crippen molar-refractivity contribution in [1.82, 2.24) is 0 Å². The van der Waals surface area contributed by atoms with Crippen LogP contribution in [0.1, 0.15) is 19.3 Å². The molecule has 2 unspecified atom stereocenters. The first kappa shape index (κ1) is 16.2. The predicted molar refractivity (Wildman–Crippen MR) is 75.0 cm³/mol. The van der Waals surface area contributed by atoms with Crippen LogP contribution in [0.4, 0.5) is 8.78 Å². The Morgan fingerprint density at radius 2 is 1.81 bits per heavy atom. The summed E-state index contributed by atoms with van der Waals surface area (Å²) >= 11 is 0. The van der Waals surface area contributed by atoms with Crippen LogP contribution in [-0.4, -0.2) is 27.3 Å². The standard InChI is InChI=1S/C14H19F2NO3S/c15-14(16)21(18,19)13-6-4-12(5-7-13)20-9-11-3-1-2-10(11)8-17/h4-7,10-11,14H,1-3,8-9,17H2. The van der Waals surface area contributed by atoms with Crippen molar-refractivity contribution in [2.75, 3.05) is 13.2 Å². The molecule has 0 spiro atoms. The number of ether oxygens (including phenoxy) is 1. The minimum absolute atomic E-state index is 0.398. The van der Waals surface area contributed by atoms with Gasteiger partial charge in [0.2, 0.25) is 9.84 Å². The molecule has 2 rings (SSSR count). The lowest BCUT2D eigenvalue weighted by Crippen LogP contribution is -2.23. The van der Waals surface area contributed by atoms with E-state index in [1.54, 1.807) is 0 Å². The number of benzene rings is 1. The Bertz CT molecular complexity index is 560. The topological polar surface area (TPSA) is 69.4 Å². The molecule has 2 N–H and O–H groups in total. The third-order valence-corrected chi connectivity index (χ3v) is 5.37. The lowest BCUT2D eigenvalue weighted by Gasteiger charge is -2.18. The number of sulfone groups is 1. The number of halogens is 2. The van der Waals surface area contributed by atoms with Crippen LogP contribution in [0, 0.1) is 11.8 Å². The maximum atomic E-state index is 12.4. The minimum Gasteiger partial charge on any atom is -0.493 e. The van der Waals surface area contributed by atoms with Gasteiger partial charge in [-0.1, -0.05) is 6.42 Å². The SMILES string of the molecule is NCC1CCCC1COc1ccc(S(=O)(=O)C(F)F)cc1. The van der Waals surface area contributed by atoms with Gasteiger partial charge in [-0.15, -0.1) is 0 Å². The summed E-state index contributed by atoms with van der Waals surface area (Å²) in [6, 6.07) is 5.10. The molecule has 1 aromatic rings. The Kier molecular flexibility index (Phi) is 5.16. The van der Waals surface area contributed by atoms with Crippen LogP contribution >= 0.6 is 0 Å². The Hall–Kier alpha value is -1.21. The van der Waals surface area contributed by atoms with E-state index in [0.717, 1.165) is 31.4 Å². The Labute approximate surface area is 123 Å². The average molecular weight is 319 g/mol. The molecule has 1 aliphatic rings. The molecule has 1 aliphatic carbocycles. The van der Waals surface area contributed by atoms with Gasteiger partial charge in [0.1, 0.15) is 5.75 Å². The van der Waals surface area contributed by atoms with E-state index in [4.69, 9.17) is 10.5 Å². The smallest absolute Gasteiger partial charge is 0.341 e. The fraction of sp³-hybridized carbons (Fsp3) is 0.571. The van der Waals surface area contributed by atoms with Gasteiger partial charge in [0.25, 0.3) is 0 Å². The van der Waals surface area contributed by atoms with E-state index < -0.39 is 20.5 Å². The van der Waals surface area contributed by atoms with Crippen molar-refractivity contribution in [3.05, 3.63) is 24.3 Å². The van der Waals surface area contributed by atoms with E-state index in [1.165, 1.54) is 12.1 Å². The molecule has 0 bridgehead atoms. The number of hydrogen-bond acceptors (Lipinski definition) is 4. The second kappa shape index (κ2) is 6.70. The van der Waals surface area contributed by atoms with E-state index in [0.29, 0.717) is 30.7 Å². The Morgan fingerprint density at radius 3 is 2.38 bits per heavy atom. The van der Waals surface area contributed by atoms with Gasteiger partial charge in [-0.3, -0.25) is 0 Å². The number of alkyl halides is 2. The highest BCUT2D eigenvalue weighted by Crippen LogP contribution is 2.31. The van der Waals surface area contributed by atoms with E-state index >= 15 is 0 Å². The first-order valence-corrected chi connectivity index (χ1v) is 8.44. The molecular formula is C14H19F2NO3S. The van der Waals surface area contributed by atoms with Crippen molar-refractivity contribution in [1.29, 1.82) is 0 Å². The summed E-state index contributed by atoms with van der Waals surface area (Å²) in [5.74, 6) is -2.07. The second-order valence-corrected chi connectivity index (χ2v) is 7.19. The van der Waals surface area contributed by atoms with Gasteiger partial charge in [-0.2, -0.15) is 8.78 Å². The van der Waals surface area contributed by atoms with E-state index in [2.05, 4.69) is 0 Å². The highest BCUT2D eigenvalue weighted by molar-refractivity contribution is 7.91. The number of hydrogen-bond donors (Lipinski definition) is 1. The molecule has 1 aromatic carbocycles. The van der Waals surface area contributed by atoms with Crippen molar-refractivity contribution < 1.29 is 21.9 Å². The van der Waals surface area contributed by atoms with Gasteiger partial charge in [-0.25, -0.2) is 8.42 Å². The first-order chi connectivity index (χ1) is 9.95. The van der Waals surface area contributed by atoms with Gasteiger partial charge in [0.15, 0.2) is 0 Å². The highest BCUT2D eigenvalue weighted by atomic mass is 32.2. The zero-order valence-electron chi connectivity index (χ0n) is 11.5. The van der Waals surface area contributed by atoms with Crippen molar-refractivity contribution >= 4 is 9.84 Å². The fourth-order valence-electron chi connectivity index (χ4n) is 2.68. The maximum absolute atomic E-state index is 12.4. The van der Waals surface area contributed by atoms with Crippen molar-refractivity contribution in [3.8, 4) is 5.75 Å². The van der Waals surface area contributed by atoms with Crippen LogP contribution in [0.5, 0.6) is 5.75 Å². The molecule has 0 amide bonds. The zero-order chi connectivity index (χ0) is 15.5. The zero-order valence-corrected chi connectivity index (χ0v) is 12.4. The average Bonchev–Trinajstić information content (AvgIpc) is 2.92. The summed E-state index contributed by atoms with van der Waals surface area (Å²) in [6.45, 7) is 1.16. The first-order valence-electron chi connectivity index (χ1n) is 6.90. The maximum Gasteiger partial charge on any atom is 0.341 e. The Balaban J connectivity index is 1.97. The largest absolute Gasteiger partial charge is 0.493 e. The summed E-state index contributed by atoms with van der Waals surface area (Å²) in [7, 11) is -4.54. The third kappa shape index (κ3) is 3.71. The quantitative estimate of drug-likeness (QED) is 0.874. The highest BCUT2D eigenvalue weighted by Gasteiger charge is 2.27. The van der Waals surface area contributed by atoms with Crippen LogP contribution in [-0.2, 0) is 9.84 Å². The second-order valence-electron chi connectivity index (χ2n) is 5.27. The number of nitrogens with two attached hydrogens (primary N) is 1. The van der Waals surface area contributed by atoms with Crippen LogP contribution < -0.4 is 10.5 Å². The summed E-state index contributed by atoms with van der Waals surface area (Å²) in [4.78, 5) is -0.398. The molecule has 1 saturated carbocycles. The summed E-state index contributed by atoms with van der Waals surface area (Å²) in [5.41, 5.74) is 5.70. The normalized spacial score (nSPS) is 22.7. The molecule has 4 nitrogen and oxygen atoms in total. The predicted octanol–water partition coefficient (Wildman–Crippen LogP) is 2.44. The molecule has 0 saturated heterocycles. The van der Waals surface area contributed by atoms with Crippen molar-refractivity contribution in [2.45, 2.75) is 29.9 Å². The van der Waals surface area contributed by atoms with E-state index in [9.17, 15) is 17.2 Å². The summed E-state index contributed by atoms with van der Waals surface area (Å²) < 4.78 is 53.0.